The minimum atomic E-state index is -1.24. The SMILES string of the molecule is CN(Cc1cc(Br)cc(Br)c1NC1OCC(O)C(O)C1O)C1CCCCC1. The quantitative estimate of drug-likeness (QED) is 0.490. The molecule has 1 saturated carbocycles. The molecular weight excluding hydrogens is 480 g/mol. The Labute approximate surface area is 177 Å². The van der Waals surface area contributed by atoms with Gasteiger partial charge >= 0.3 is 0 Å². The lowest BCUT2D eigenvalue weighted by atomic mass is 9.94. The Bertz CT molecular complexity index is 642. The number of aliphatic hydroxyl groups excluding tert-OH is 3. The maximum atomic E-state index is 10.3. The van der Waals surface area contributed by atoms with Crippen molar-refractivity contribution in [2.24, 2.45) is 0 Å². The summed E-state index contributed by atoms with van der Waals surface area (Å²) in [7, 11) is 2.15. The molecule has 1 aliphatic heterocycles. The topological polar surface area (TPSA) is 85.2 Å². The van der Waals surface area contributed by atoms with E-state index in [0.717, 1.165) is 26.7 Å². The molecular formula is C19H28Br2N2O4. The van der Waals surface area contributed by atoms with E-state index >= 15 is 0 Å². The second kappa shape index (κ2) is 9.52. The average Bonchev–Trinajstić information content (AvgIpc) is 2.65. The summed E-state index contributed by atoms with van der Waals surface area (Å²) < 4.78 is 7.33. The van der Waals surface area contributed by atoms with Crippen LogP contribution in [0.5, 0.6) is 0 Å². The number of nitrogens with zero attached hydrogens (tertiary/aromatic N) is 1. The lowest BCUT2D eigenvalue weighted by molar-refractivity contribution is -0.178. The van der Waals surface area contributed by atoms with Gasteiger partial charge in [0.25, 0.3) is 0 Å². The zero-order valence-corrected chi connectivity index (χ0v) is 18.6. The molecule has 4 N–H and O–H groups in total. The van der Waals surface area contributed by atoms with Crippen molar-refractivity contribution < 1.29 is 20.1 Å². The molecule has 0 radical (unpaired) electrons. The van der Waals surface area contributed by atoms with Gasteiger partial charge in [-0.25, -0.2) is 0 Å². The largest absolute Gasteiger partial charge is 0.388 e. The van der Waals surface area contributed by atoms with Crippen LogP contribution in [0.1, 0.15) is 37.7 Å². The van der Waals surface area contributed by atoms with Gasteiger partial charge in [0.2, 0.25) is 0 Å². The molecule has 0 bridgehead atoms. The van der Waals surface area contributed by atoms with Crippen molar-refractivity contribution in [1.29, 1.82) is 0 Å². The van der Waals surface area contributed by atoms with Gasteiger partial charge in [0.1, 0.15) is 18.3 Å². The highest BCUT2D eigenvalue weighted by Gasteiger charge is 2.38. The average molecular weight is 508 g/mol. The number of benzene rings is 1. The van der Waals surface area contributed by atoms with E-state index in [1.54, 1.807) is 0 Å². The minimum Gasteiger partial charge on any atom is -0.388 e. The van der Waals surface area contributed by atoms with Crippen LogP contribution in [-0.2, 0) is 11.3 Å². The standard InChI is InChI=1S/C19H28Br2N2O4/c1-23(13-5-3-2-4-6-13)9-11-7-12(20)8-14(21)16(11)22-19-18(26)17(25)15(24)10-27-19/h7-8,13,15,17-19,22,24-26H,2-6,9-10H2,1H3. The summed E-state index contributed by atoms with van der Waals surface area (Å²) in [6, 6.07) is 4.58. The number of hydrogen-bond acceptors (Lipinski definition) is 6. The van der Waals surface area contributed by atoms with Gasteiger partial charge in [-0.1, -0.05) is 35.2 Å². The van der Waals surface area contributed by atoms with Crippen molar-refractivity contribution >= 4 is 37.5 Å². The molecule has 1 aliphatic carbocycles. The Balaban J connectivity index is 1.78. The summed E-state index contributed by atoms with van der Waals surface area (Å²) in [5.41, 5.74) is 1.90. The summed E-state index contributed by atoms with van der Waals surface area (Å²) in [4.78, 5) is 2.38. The van der Waals surface area contributed by atoms with Gasteiger partial charge in [-0.15, -0.1) is 0 Å². The molecule has 1 aromatic rings. The van der Waals surface area contributed by atoms with Crippen LogP contribution in [0.4, 0.5) is 5.69 Å². The van der Waals surface area contributed by atoms with Crippen LogP contribution >= 0.6 is 31.9 Å². The number of hydrogen-bond donors (Lipinski definition) is 4. The zero-order chi connectivity index (χ0) is 19.6. The highest BCUT2D eigenvalue weighted by molar-refractivity contribution is 9.11. The molecule has 8 heteroatoms. The summed E-state index contributed by atoms with van der Waals surface area (Å²) in [6.07, 6.45) is 2.02. The number of rotatable bonds is 5. The van der Waals surface area contributed by atoms with E-state index in [1.807, 2.05) is 6.07 Å². The molecule has 4 atom stereocenters. The van der Waals surface area contributed by atoms with Crippen LogP contribution < -0.4 is 5.32 Å². The summed E-state index contributed by atoms with van der Waals surface area (Å²) in [5.74, 6) is 0. The second-order valence-electron chi connectivity index (χ2n) is 7.58. The minimum absolute atomic E-state index is 0.0264. The lowest BCUT2D eigenvalue weighted by Gasteiger charge is -2.37. The molecule has 6 nitrogen and oxygen atoms in total. The smallest absolute Gasteiger partial charge is 0.156 e. The van der Waals surface area contributed by atoms with Gasteiger partial charge in [-0.3, -0.25) is 4.90 Å². The number of halogens is 2. The van der Waals surface area contributed by atoms with Crippen LogP contribution in [0, 0.1) is 0 Å². The van der Waals surface area contributed by atoms with Crippen LogP contribution in [0.3, 0.4) is 0 Å². The van der Waals surface area contributed by atoms with Crippen molar-refractivity contribution in [1.82, 2.24) is 4.90 Å². The molecule has 0 amide bonds. The monoisotopic (exact) mass is 506 g/mol. The molecule has 0 spiro atoms. The molecule has 0 aromatic heterocycles. The first-order chi connectivity index (χ1) is 12.9. The number of nitrogens with one attached hydrogen (secondary N) is 1. The molecule has 1 heterocycles. The molecule has 3 rings (SSSR count). The second-order valence-corrected chi connectivity index (χ2v) is 9.35. The van der Waals surface area contributed by atoms with Crippen molar-refractivity contribution in [3.63, 3.8) is 0 Å². The van der Waals surface area contributed by atoms with E-state index in [4.69, 9.17) is 4.74 Å². The Morgan fingerprint density at radius 2 is 1.81 bits per heavy atom. The first kappa shape index (κ1) is 21.5. The van der Waals surface area contributed by atoms with Crippen molar-refractivity contribution in [2.75, 3.05) is 19.0 Å². The van der Waals surface area contributed by atoms with E-state index in [0.29, 0.717) is 6.04 Å². The molecule has 27 heavy (non-hydrogen) atoms. The summed E-state index contributed by atoms with van der Waals surface area (Å²) in [5, 5.41) is 33.1. The number of ether oxygens (including phenoxy) is 1. The third-order valence-electron chi connectivity index (χ3n) is 5.54. The fourth-order valence-electron chi connectivity index (χ4n) is 3.91. The lowest BCUT2D eigenvalue weighted by Crippen LogP contribution is -2.55. The van der Waals surface area contributed by atoms with Gasteiger partial charge in [0, 0.05) is 21.5 Å². The van der Waals surface area contributed by atoms with Gasteiger partial charge in [0.15, 0.2) is 6.23 Å². The molecule has 2 aliphatic rings. The first-order valence-corrected chi connectivity index (χ1v) is 11.1. The van der Waals surface area contributed by atoms with Gasteiger partial charge in [-0.2, -0.15) is 0 Å². The van der Waals surface area contributed by atoms with Crippen LogP contribution in [0.25, 0.3) is 0 Å². The third-order valence-corrected chi connectivity index (χ3v) is 6.63. The molecule has 1 saturated heterocycles. The summed E-state index contributed by atoms with van der Waals surface area (Å²) in [6.45, 7) is 0.736. The highest BCUT2D eigenvalue weighted by atomic mass is 79.9. The predicted octanol–water partition coefficient (Wildman–Crippen LogP) is 2.83. The van der Waals surface area contributed by atoms with Gasteiger partial charge < -0.3 is 25.4 Å². The van der Waals surface area contributed by atoms with E-state index in [-0.39, 0.29) is 6.61 Å². The van der Waals surface area contributed by atoms with Crippen molar-refractivity contribution in [2.45, 2.75) is 69.2 Å². The molecule has 4 unspecified atom stereocenters. The van der Waals surface area contributed by atoms with Crippen LogP contribution in [0.2, 0.25) is 0 Å². The zero-order valence-electron chi connectivity index (χ0n) is 15.4. The van der Waals surface area contributed by atoms with E-state index in [1.165, 1.54) is 32.1 Å². The Kier molecular flexibility index (Phi) is 7.58. The normalized spacial score (nSPS) is 29.9. The fourth-order valence-corrected chi connectivity index (χ4v) is 5.34. The molecule has 2 fully saturated rings. The molecule has 152 valence electrons. The summed E-state index contributed by atoms with van der Waals surface area (Å²) >= 11 is 7.16. The molecule has 1 aromatic carbocycles. The van der Waals surface area contributed by atoms with Gasteiger partial charge in [0.05, 0.1) is 12.3 Å². The highest BCUT2D eigenvalue weighted by Crippen LogP contribution is 2.34. The van der Waals surface area contributed by atoms with E-state index in [2.05, 4.69) is 55.2 Å². The Hall–Kier alpha value is -0.220. The number of aliphatic hydroxyl groups is 3. The van der Waals surface area contributed by atoms with Crippen molar-refractivity contribution in [3.05, 3.63) is 26.6 Å². The number of anilines is 1. The Morgan fingerprint density at radius 1 is 1.11 bits per heavy atom. The first-order valence-electron chi connectivity index (χ1n) is 9.47. The van der Waals surface area contributed by atoms with E-state index in [9.17, 15) is 15.3 Å². The maximum absolute atomic E-state index is 10.3. The maximum Gasteiger partial charge on any atom is 0.156 e. The Morgan fingerprint density at radius 3 is 2.52 bits per heavy atom. The van der Waals surface area contributed by atoms with Gasteiger partial charge in [-0.05, 0) is 53.5 Å². The van der Waals surface area contributed by atoms with Crippen molar-refractivity contribution in [3.8, 4) is 0 Å². The van der Waals surface area contributed by atoms with Crippen LogP contribution in [0.15, 0.2) is 21.1 Å². The predicted molar refractivity (Wildman–Crippen MR) is 112 cm³/mol. The van der Waals surface area contributed by atoms with Crippen LogP contribution in [-0.4, -0.2) is 64.5 Å². The van der Waals surface area contributed by atoms with E-state index < -0.39 is 24.5 Å². The third kappa shape index (κ3) is 5.23. The fraction of sp³-hybridized carbons (Fsp3) is 0.684.